The number of carbonyl (C=O) groups excluding carboxylic acids is 3. The first-order chi connectivity index (χ1) is 11.2. The van der Waals surface area contributed by atoms with Crippen molar-refractivity contribution in [3.8, 4) is 0 Å². The van der Waals surface area contributed by atoms with E-state index >= 15 is 0 Å². The molecule has 130 valence electrons. The normalized spacial score (nSPS) is 20.4. The van der Waals surface area contributed by atoms with Gasteiger partial charge in [0.05, 0.1) is 0 Å². The number of likely N-dealkylation sites (tertiary alicyclic amines) is 1. The fourth-order valence-corrected chi connectivity index (χ4v) is 3.31. The molecule has 1 aromatic rings. The van der Waals surface area contributed by atoms with Gasteiger partial charge in [0, 0.05) is 43.9 Å². The van der Waals surface area contributed by atoms with Crippen molar-refractivity contribution in [3.63, 3.8) is 0 Å². The Kier molecular flexibility index (Phi) is 5.59. The van der Waals surface area contributed by atoms with Crippen molar-refractivity contribution >= 4 is 29.1 Å². The van der Waals surface area contributed by atoms with E-state index in [2.05, 4.69) is 24.5 Å². The molecule has 0 spiro atoms. The van der Waals surface area contributed by atoms with Crippen LogP contribution in [0.1, 0.15) is 44.5 Å². The molecule has 0 radical (unpaired) electrons. The highest BCUT2D eigenvalue weighted by Gasteiger charge is 2.26. The number of nitrogens with one attached hydrogen (secondary N) is 2. The minimum Gasteiger partial charge on any atom is -0.338 e. The van der Waals surface area contributed by atoms with Crippen LogP contribution in [0.5, 0.6) is 0 Å². The molecule has 0 bridgehead atoms. The minimum absolute atomic E-state index is 0.0767. The summed E-state index contributed by atoms with van der Waals surface area (Å²) in [6.45, 7) is 8.55. The van der Waals surface area contributed by atoms with Crippen molar-refractivity contribution in [2.45, 2.75) is 34.1 Å². The Morgan fingerprint density at radius 1 is 0.917 bits per heavy atom. The molecule has 2 N–H and O–H groups in total. The highest BCUT2D eigenvalue weighted by Crippen LogP contribution is 2.25. The number of anilines is 2. The topological polar surface area (TPSA) is 78.5 Å². The van der Waals surface area contributed by atoms with Gasteiger partial charge in [-0.25, -0.2) is 0 Å². The molecule has 1 heterocycles. The van der Waals surface area contributed by atoms with Crippen molar-refractivity contribution in [2.24, 2.45) is 11.8 Å². The average Bonchev–Trinajstić information content (AvgIpc) is 2.43. The molecular weight excluding hydrogens is 306 g/mol. The second-order valence-corrected chi connectivity index (χ2v) is 6.82. The Bertz CT molecular complexity index is 613. The van der Waals surface area contributed by atoms with E-state index in [4.69, 9.17) is 0 Å². The molecule has 0 aromatic heterocycles. The third kappa shape index (κ3) is 4.81. The van der Waals surface area contributed by atoms with Crippen LogP contribution in [0.25, 0.3) is 0 Å². The zero-order valence-corrected chi connectivity index (χ0v) is 14.7. The van der Waals surface area contributed by atoms with Gasteiger partial charge in [-0.3, -0.25) is 14.4 Å². The lowest BCUT2D eigenvalue weighted by atomic mass is 9.91. The van der Waals surface area contributed by atoms with Crippen LogP contribution in [0.2, 0.25) is 0 Å². The summed E-state index contributed by atoms with van der Waals surface area (Å²) in [7, 11) is 0. The molecule has 1 aromatic carbocycles. The van der Waals surface area contributed by atoms with Gasteiger partial charge in [0.15, 0.2) is 0 Å². The van der Waals surface area contributed by atoms with Gasteiger partial charge in [0.1, 0.15) is 0 Å². The van der Waals surface area contributed by atoms with Crippen LogP contribution in [0.15, 0.2) is 18.2 Å². The molecule has 2 atom stereocenters. The second-order valence-electron chi connectivity index (χ2n) is 6.82. The van der Waals surface area contributed by atoms with Crippen LogP contribution in [-0.2, 0) is 9.59 Å². The first-order valence-corrected chi connectivity index (χ1v) is 8.24. The number of piperidine rings is 1. The largest absolute Gasteiger partial charge is 0.338 e. The van der Waals surface area contributed by atoms with E-state index in [1.54, 1.807) is 18.2 Å². The van der Waals surface area contributed by atoms with Crippen molar-refractivity contribution in [2.75, 3.05) is 23.7 Å². The lowest BCUT2D eigenvalue weighted by Gasteiger charge is -2.35. The predicted molar refractivity (Wildman–Crippen MR) is 93.9 cm³/mol. The number of carbonyl (C=O) groups is 3. The number of amides is 3. The van der Waals surface area contributed by atoms with Gasteiger partial charge >= 0.3 is 0 Å². The van der Waals surface area contributed by atoms with Gasteiger partial charge in [0.25, 0.3) is 5.91 Å². The highest BCUT2D eigenvalue weighted by atomic mass is 16.2. The average molecular weight is 331 g/mol. The third-order valence-corrected chi connectivity index (χ3v) is 3.98. The summed E-state index contributed by atoms with van der Waals surface area (Å²) in [5.41, 5.74) is 1.46. The van der Waals surface area contributed by atoms with Crippen LogP contribution in [0.3, 0.4) is 0 Å². The quantitative estimate of drug-likeness (QED) is 0.894. The lowest BCUT2D eigenvalue weighted by Crippen LogP contribution is -2.42. The number of hydrogen-bond donors (Lipinski definition) is 2. The van der Waals surface area contributed by atoms with E-state index in [9.17, 15) is 14.4 Å². The summed E-state index contributed by atoms with van der Waals surface area (Å²) in [6, 6.07) is 4.94. The molecule has 1 fully saturated rings. The third-order valence-electron chi connectivity index (χ3n) is 3.98. The summed E-state index contributed by atoms with van der Waals surface area (Å²) in [5.74, 6) is 0.395. The van der Waals surface area contributed by atoms with E-state index in [0.717, 1.165) is 19.5 Å². The zero-order valence-electron chi connectivity index (χ0n) is 14.7. The summed E-state index contributed by atoms with van der Waals surface area (Å²) in [4.78, 5) is 37.4. The molecule has 1 aliphatic rings. The van der Waals surface area contributed by atoms with Gasteiger partial charge in [-0.15, -0.1) is 0 Å². The Hall–Kier alpha value is -2.37. The van der Waals surface area contributed by atoms with Gasteiger partial charge in [0.2, 0.25) is 11.8 Å². The van der Waals surface area contributed by atoms with Crippen LogP contribution >= 0.6 is 0 Å². The molecule has 3 amide bonds. The van der Waals surface area contributed by atoms with Gasteiger partial charge in [-0.05, 0) is 36.5 Å². The van der Waals surface area contributed by atoms with E-state index in [1.165, 1.54) is 13.8 Å². The Labute approximate surface area is 142 Å². The Morgan fingerprint density at radius 3 is 1.79 bits per heavy atom. The highest BCUT2D eigenvalue weighted by molar-refractivity contribution is 6.00. The molecule has 2 rings (SSSR count). The molecule has 0 saturated carbocycles. The number of rotatable bonds is 3. The maximum absolute atomic E-state index is 12.9. The lowest BCUT2D eigenvalue weighted by molar-refractivity contribution is -0.115. The van der Waals surface area contributed by atoms with Gasteiger partial charge < -0.3 is 15.5 Å². The molecule has 1 aliphatic heterocycles. The Balaban J connectivity index is 2.30. The fraction of sp³-hybridized carbons (Fsp3) is 0.500. The molecule has 6 nitrogen and oxygen atoms in total. The second kappa shape index (κ2) is 7.47. The maximum Gasteiger partial charge on any atom is 0.254 e. The van der Waals surface area contributed by atoms with Crippen LogP contribution in [0, 0.1) is 11.8 Å². The first-order valence-electron chi connectivity index (χ1n) is 8.24. The summed E-state index contributed by atoms with van der Waals surface area (Å²) in [5, 5.41) is 5.35. The molecular formula is C18H25N3O3. The van der Waals surface area contributed by atoms with E-state index in [1.807, 2.05) is 4.90 Å². The fourth-order valence-electron chi connectivity index (χ4n) is 3.31. The molecule has 1 saturated heterocycles. The van der Waals surface area contributed by atoms with Crippen molar-refractivity contribution in [3.05, 3.63) is 23.8 Å². The standard InChI is InChI=1S/C18H25N3O3/c1-11-5-12(2)10-21(9-11)18(24)15-6-16(19-13(3)22)8-17(7-15)20-14(4)23/h6-8,11-12H,5,9-10H2,1-4H3,(H,19,22)(H,20,23)/t11-,12-/m0/s1. The maximum atomic E-state index is 12.9. The number of nitrogens with zero attached hydrogens (tertiary/aromatic N) is 1. The summed E-state index contributed by atoms with van der Waals surface area (Å²) >= 11 is 0. The van der Waals surface area contributed by atoms with E-state index in [0.29, 0.717) is 28.8 Å². The van der Waals surface area contributed by atoms with Crippen LogP contribution < -0.4 is 10.6 Å². The zero-order chi connectivity index (χ0) is 17.9. The van der Waals surface area contributed by atoms with Crippen LogP contribution in [0.4, 0.5) is 11.4 Å². The summed E-state index contributed by atoms with van der Waals surface area (Å²) < 4.78 is 0. The molecule has 0 aliphatic carbocycles. The number of benzene rings is 1. The monoisotopic (exact) mass is 331 g/mol. The molecule has 24 heavy (non-hydrogen) atoms. The van der Waals surface area contributed by atoms with Gasteiger partial charge in [-0.1, -0.05) is 13.8 Å². The SMILES string of the molecule is CC(=O)Nc1cc(NC(C)=O)cc(C(=O)N2C[C@@H](C)C[C@H](C)C2)c1. The Morgan fingerprint density at radius 2 is 1.38 bits per heavy atom. The van der Waals surface area contributed by atoms with E-state index in [-0.39, 0.29) is 17.7 Å². The van der Waals surface area contributed by atoms with E-state index < -0.39 is 0 Å². The number of hydrogen-bond acceptors (Lipinski definition) is 3. The molecule has 0 unspecified atom stereocenters. The van der Waals surface area contributed by atoms with Crippen molar-refractivity contribution in [1.29, 1.82) is 0 Å². The minimum atomic E-state index is -0.228. The van der Waals surface area contributed by atoms with Crippen LogP contribution in [-0.4, -0.2) is 35.7 Å². The van der Waals surface area contributed by atoms with Crippen molar-refractivity contribution < 1.29 is 14.4 Å². The first kappa shape index (κ1) is 18.0. The summed E-state index contributed by atoms with van der Waals surface area (Å²) in [6.07, 6.45) is 1.12. The van der Waals surface area contributed by atoms with Crippen molar-refractivity contribution in [1.82, 2.24) is 4.90 Å². The smallest absolute Gasteiger partial charge is 0.254 e. The predicted octanol–water partition coefficient (Wildman–Crippen LogP) is 2.72. The molecule has 6 heteroatoms. The van der Waals surface area contributed by atoms with Gasteiger partial charge in [-0.2, -0.15) is 0 Å².